The third kappa shape index (κ3) is 6.02. The zero-order valence-corrected chi connectivity index (χ0v) is 17.1. The average Bonchev–Trinajstić information content (AvgIpc) is 2.67. The van der Waals surface area contributed by atoms with E-state index in [-0.39, 0.29) is 27.3 Å². The number of alkyl halides is 3. The van der Waals surface area contributed by atoms with Gasteiger partial charge in [0.25, 0.3) is 0 Å². The molecule has 0 aliphatic rings. The Hall–Kier alpha value is -2.97. The van der Waals surface area contributed by atoms with Crippen LogP contribution < -0.4 is 14.2 Å². The van der Waals surface area contributed by atoms with Gasteiger partial charge in [-0.05, 0) is 37.3 Å². The highest BCUT2D eigenvalue weighted by Gasteiger charge is 2.32. The third-order valence-electron chi connectivity index (χ3n) is 3.83. The second kappa shape index (κ2) is 9.03. The molecule has 0 atom stereocenters. The minimum absolute atomic E-state index is 0.0317. The lowest BCUT2D eigenvalue weighted by atomic mass is 10.2. The molecule has 10 heteroatoms. The van der Waals surface area contributed by atoms with Crippen LogP contribution in [0.4, 0.5) is 17.6 Å². The van der Waals surface area contributed by atoms with Gasteiger partial charge in [0, 0.05) is 12.1 Å². The molecule has 0 aromatic heterocycles. The minimum atomic E-state index is -4.92. The Kier molecular flexibility index (Phi) is 6.62. The standard InChI is InChI=1S/C21H12Cl2F4O4/c1-11-2-4-12(5-3-11)30-20(28)14-9-16(23)19(10-17(14)24)29-13-6-7-18(15(22)8-13)31-21(25,26)27/h2-10H,1H3. The predicted octanol–water partition coefficient (Wildman–Crippen LogP) is 7.35. The summed E-state index contributed by atoms with van der Waals surface area (Å²) in [5, 5.41) is -0.520. The molecule has 0 unspecified atom stereocenters. The lowest BCUT2D eigenvalue weighted by molar-refractivity contribution is -0.274. The zero-order valence-electron chi connectivity index (χ0n) is 15.6. The molecule has 0 aliphatic heterocycles. The van der Waals surface area contributed by atoms with E-state index in [0.717, 1.165) is 35.9 Å². The van der Waals surface area contributed by atoms with Crippen LogP contribution in [0.2, 0.25) is 10.0 Å². The minimum Gasteiger partial charge on any atom is -0.456 e. The predicted molar refractivity (Wildman–Crippen MR) is 106 cm³/mol. The van der Waals surface area contributed by atoms with E-state index < -0.39 is 29.5 Å². The molecule has 4 nitrogen and oxygen atoms in total. The molecule has 3 aromatic rings. The van der Waals surface area contributed by atoms with Crippen molar-refractivity contribution in [1.29, 1.82) is 0 Å². The van der Waals surface area contributed by atoms with E-state index in [0.29, 0.717) is 0 Å². The maximum atomic E-state index is 14.5. The Balaban J connectivity index is 1.78. The van der Waals surface area contributed by atoms with Crippen molar-refractivity contribution in [3.63, 3.8) is 0 Å². The fourth-order valence-corrected chi connectivity index (χ4v) is 2.82. The van der Waals surface area contributed by atoms with Gasteiger partial charge in [-0.3, -0.25) is 0 Å². The molecule has 0 spiro atoms. The maximum absolute atomic E-state index is 14.5. The van der Waals surface area contributed by atoms with E-state index in [1.54, 1.807) is 24.3 Å². The van der Waals surface area contributed by atoms with Gasteiger partial charge in [0.1, 0.15) is 28.8 Å². The van der Waals surface area contributed by atoms with Crippen molar-refractivity contribution in [2.45, 2.75) is 13.3 Å². The average molecular weight is 475 g/mol. The van der Waals surface area contributed by atoms with Gasteiger partial charge < -0.3 is 14.2 Å². The Morgan fingerprint density at radius 1 is 0.871 bits per heavy atom. The van der Waals surface area contributed by atoms with Crippen LogP contribution in [0.25, 0.3) is 0 Å². The SMILES string of the molecule is Cc1ccc(OC(=O)c2cc(Cl)c(Oc3ccc(OC(F)(F)F)c(Cl)c3)cc2F)cc1. The molecule has 0 radical (unpaired) electrons. The smallest absolute Gasteiger partial charge is 0.456 e. The first-order valence-corrected chi connectivity index (χ1v) is 9.28. The van der Waals surface area contributed by atoms with Crippen LogP contribution in [-0.2, 0) is 0 Å². The van der Waals surface area contributed by atoms with Gasteiger partial charge >= 0.3 is 12.3 Å². The Morgan fingerprint density at radius 2 is 1.48 bits per heavy atom. The van der Waals surface area contributed by atoms with Crippen molar-refractivity contribution in [2.75, 3.05) is 0 Å². The molecule has 0 fully saturated rings. The quantitative estimate of drug-likeness (QED) is 0.220. The Morgan fingerprint density at radius 3 is 2.10 bits per heavy atom. The highest BCUT2D eigenvalue weighted by Crippen LogP contribution is 2.37. The van der Waals surface area contributed by atoms with Crippen LogP contribution >= 0.6 is 23.2 Å². The number of rotatable bonds is 5. The fourth-order valence-electron chi connectivity index (χ4n) is 2.41. The van der Waals surface area contributed by atoms with E-state index in [4.69, 9.17) is 32.7 Å². The Bertz CT molecular complexity index is 1120. The first kappa shape index (κ1) is 22.7. The highest BCUT2D eigenvalue weighted by atomic mass is 35.5. The number of esters is 1. The van der Waals surface area contributed by atoms with Gasteiger partial charge in [-0.25, -0.2) is 9.18 Å². The fraction of sp³-hybridized carbons (Fsp3) is 0.0952. The van der Waals surface area contributed by atoms with Crippen molar-refractivity contribution >= 4 is 29.2 Å². The second-order valence-corrected chi connectivity index (χ2v) is 7.02. The topological polar surface area (TPSA) is 44.8 Å². The summed E-state index contributed by atoms with van der Waals surface area (Å²) in [5.74, 6) is -2.57. The summed E-state index contributed by atoms with van der Waals surface area (Å²) in [6.45, 7) is 1.85. The molecular weight excluding hydrogens is 463 g/mol. The van der Waals surface area contributed by atoms with Gasteiger partial charge in [0.05, 0.1) is 15.6 Å². The summed E-state index contributed by atoms with van der Waals surface area (Å²) in [4.78, 5) is 12.3. The van der Waals surface area contributed by atoms with Crippen LogP contribution in [-0.4, -0.2) is 12.3 Å². The van der Waals surface area contributed by atoms with E-state index in [1.165, 1.54) is 0 Å². The van der Waals surface area contributed by atoms with Gasteiger partial charge in [-0.2, -0.15) is 0 Å². The number of carbonyl (C=O) groups excluding carboxylic acids is 1. The zero-order chi connectivity index (χ0) is 22.8. The van der Waals surface area contributed by atoms with Crippen LogP contribution in [0.5, 0.6) is 23.0 Å². The van der Waals surface area contributed by atoms with Crippen molar-refractivity contribution in [3.05, 3.63) is 81.6 Å². The first-order valence-electron chi connectivity index (χ1n) is 8.53. The summed E-state index contributed by atoms with van der Waals surface area (Å²) in [6, 6.07) is 11.5. The molecule has 162 valence electrons. The summed E-state index contributed by atoms with van der Waals surface area (Å²) >= 11 is 11.8. The highest BCUT2D eigenvalue weighted by molar-refractivity contribution is 6.32. The summed E-state index contributed by atoms with van der Waals surface area (Å²) < 4.78 is 65.7. The molecule has 0 saturated carbocycles. The number of carbonyl (C=O) groups is 1. The maximum Gasteiger partial charge on any atom is 0.573 e. The number of ether oxygens (including phenoxy) is 3. The van der Waals surface area contributed by atoms with Gasteiger partial charge in [0.15, 0.2) is 0 Å². The molecule has 0 aliphatic carbocycles. The molecule has 31 heavy (non-hydrogen) atoms. The van der Waals surface area contributed by atoms with Crippen molar-refractivity contribution in [3.8, 4) is 23.0 Å². The summed E-state index contributed by atoms with van der Waals surface area (Å²) in [7, 11) is 0. The molecular formula is C21H12Cl2F4O4. The van der Waals surface area contributed by atoms with E-state index in [1.807, 2.05) is 6.92 Å². The van der Waals surface area contributed by atoms with Crippen LogP contribution in [0.3, 0.4) is 0 Å². The van der Waals surface area contributed by atoms with Crippen LogP contribution in [0, 0.1) is 12.7 Å². The molecule has 0 saturated heterocycles. The number of hydrogen-bond donors (Lipinski definition) is 0. The number of hydrogen-bond acceptors (Lipinski definition) is 4. The van der Waals surface area contributed by atoms with Gasteiger partial charge in [-0.15, -0.1) is 13.2 Å². The van der Waals surface area contributed by atoms with Gasteiger partial charge in [-0.1, -0.05) is 40.9 Å². The third-order valence-corrected chi connectivity index (χ3v) is 4.42. The normalized spacial score (nSPS) is 11.2. The van der Waals surface area contributed by atoms with Crippen molar-refractivity contribution in [1.82, 2.24) is 0 Å². The van der Waals surface area contributed by atoms with Gasteiger partial charge in [0.2, 0.25) is 0 Å². The Labute approximate surface area is 183 Å². The lowest BCUT2D eigenvalue weighted by Crippen LogP contribution is -2.17. The molecule has 0 bridgehead atoms. The molecule has 0 heterocycles. The monoisotopic (exact) mass is 474 g/mol. The van der Waals surface area contributed by atoms with Crippen molar-refractivity contribution in [2.24, 2.45) is 0 Å². The van der Waals surface area contributed by atoms with Crippen molar-refractivity contribution < 1.29 is 36.6 Å². The number of halogens is 6. The first-order chi connectivity index (χ1) is 14.5. The van der Waals surface area contributed by atoms with Crippen LogP contribution in [0.15, 0.2) is 54.6 Å². The number of aryl methyl sites for hydroxylation is 1. The van der Waals surface area contributed by atoms with Crippen LogP contribution in [0.1, 0.15) is 15.9 Å². The van der Waals surface area contributed by atoms with E-state index in [2.05, 4.69) is 4.74 Å². The molecule has 0 N–H and O–H groups in total. The largest absolute Gasteiger partial charge is 0.573 e. The summed E-state index contributed by atoms with van der Waals surface area (Å²) in [5.41, 5.74) is 0.526. The molecule has 0 amide bonds. The molecule has 3 rings (SSSR count). The summed E-state index contributed by atoms with van der Waals surface area (Å²) in [6.07, 6.45) is -4.92. The number of benzene rings is 3. The van der Waals surface area contributed by atoms with E-state index >= 15 is 0 Å². The lowest BCUT2D eigenvalue weighted by Gasteiger charge is -2.13. The van der Waals surface area contributed by atoms with E-state index in [9.17, 15) is 22.4 Å². The second-order valence-electron chi connectivity index (χ2n) is 6.21. The molecule has 3 aromatic carbocycles.